The highest BCUT2D eigenvalue weighted by Gasteiger charge is 2.23. The minimum atomic E-state index is -0.284. The number of halogens is 1. The van der Waals surface area contributed by atoms with E-state index in [9.17, 15) is 4.79 Å². The molecule has 0 unspecified atom stereocenters. The third-order valence-electron chi connectivity index (χ3n) is 6.14. The molecule has 154 valence electrons. The normalized spacial score (nSPS) is 15.5. The van der Waals surface area contributed by atoms with Crippen molar-refractivity contribution < 1.29 is 4.39 Å². The van der Waals surface area contributed by atoms with Gasteiger partial charge in [0, 0.05) is 30.7 Å². The van der Waals surface area contributed by atoms with Crippen LogP contribution in [0.25, 0.3) is 27.5 Å². The zero-order valence-electron chi connectivity index (χ0n) is 17.1. The van der Waals surface area contributed by atoms with Gasteiger partial charge in [-0.25, -0.2) is 9.07 Å². The molecule has 7 heteroatoms. The Balaban J connectivity index is 1.58. The Bertz CT molecular complexity index is 1270. The van der Waals surface area contributed by atoms with Crippen LogP contribution in [0.5, 0.6) is 0 Å². The minimum absolute atomic E-state index is 0.194. The maximum atomic E-state index is 15.1. The zero-order valence-corrected chi connectivity index (χ0v) is 17.1. The lowest BCUT2D eigenvalue weighted by atomic mass is 10.0. The molecule has 0 aliphatic carbocycles. The van der Waals surface area contributed by atoms with Crippen LogP contribution in [0.15, 0.2) is 53.5 Å². The molecular formula is C23H24FN5O. The van der Waals surface area contributed by atoms with Crippen molar-refractivity contribution in [2.24, 2.45) is 0 Å². The van der Waals surface area contributed by atoms with Crippen LogP contribution in [-0.4, -0.2) is 52.9 Å². The van der Waals surface area contributed by atoms with Gasteiger partial charge in [0.1, 0.15) is 5.82 Å². The fraction of sp³-hybridized carbons (Fsp3) is 0.304. The van der Waals surface area contributed by atoms with Crippen LogP contribution < -0.4 is 10.5 Å². The van der Waals surface area contributed by atoms with Crippen molar-refractivity contribution in [3.63, 3.8) is 0 Å². The Morgan fingerprint density at radius 1 is 1.10 bits per heavy atom. The number of anilines is 1. The third kappa shape index (κ3) is 3.06. The lowest BCUT2D eigenvalue weighted by molar-refractivity contribution is 0.249. The largest absolute Gasteiger partial charge is 0.369 e. The summed E-state index contributed by atoms with van der Waals surface area (Å²) in [6, 6.07) is 13.2. The number of nitrogens with one attached hydrogen (secondary N) is 1. The smallest absolute Gasteiger partial charge is 0.280 e. The van der Waals surface area contributed by atoms with E-state index in [4.69, 9.17) is 0 Å². The molecule has 0 spiro atoms. The highest BCUT2D eigenvalue weighted by molar-refractivity contribution is 6.03. The number of H-pyrrole nitrogens is 1. The molecule has 1 aliphatic rings. The second-order valence-corrected chi connectivity index (χ2v) is 8.14. The number of pyridine rings is 1. The Morgan fingerprint density at radius 3 is 2.53 bits per heavy atom. The second kappa shape index (κ2) is 7.25. The molecule has 0 saturated carbocycles. The molecule has 1 aliphatic heterocycles. The number of piperidine rings is 1. The van der Waals surface area contributed by atoms with Gasteiger partial charge in [0.15, 0.2) is 0 Å². The number of benzene rings is 2. The van der Waals surface area contributed by atoms with Gasteiger partial charge in [-0.15, -0.1) is 0 Å². The molecular weight excluding hydrogens is 381 g/mol. The number of nitrogens with zero attached hydrogens (tertiary/aromatic N) is 4. The Hall–Kier alpha value is -3.19. The number of aromatic nitrogens is 3. The highest BCUT2D eigenvalue weighted by atomic mass is 19.1. The number of para-hydroxylation sites is 1. The average Bonchev–Trinajstić information content (AvgIpc) is 3.11. The molecule has 1 saturated heterocycles. The van der Waals surface area contributed by atoms with Crippen molar-refractivity contribution in [2.75, 3.05) is 32.1 Å². The summed E-state index contributed by atoms with van der Waals surface area (Å²) in [5, 5.41) is 4.21. The summed E-state index contributed by atoms with van der Waals surface area (Å²) >= 11 is 0. The molecule has 1 N–H and O–H groups in total. The van der Waals surface area contributed by atoms with Crippen molar-refractivity contribution in [1.82, 2.24) is 19.7 Å². The van der Waals surface area contributed by atoms with Crippen LogP contribution >= 0.6 is 0 Å². The summed E-state index contributed by atoms with van der Waals surface area (Å²) in [4.78, 5) is 21.7. The molecule has 0 atom stereocenters. The van der Waals surface area contributed by atoms with Crippen LogP contribution in [0, 0.1) is 5.82 Å². The molecule has 6 nitrogen and oxygen atoms in total. The first-order chi connectivity index (χ1) is 14.5. The van der Waals surface area contributed by atoms with Crippen LogP contribution in [0.3, 0.4) is 0 Å². The van der Waals surface area contributed by atoms with E-state index in [1.54, 1.807) is 12.3 Å². The molecule has 0 bridgehead atoms. The van der Waals surface area contributed by atoms with E-state index in [-0.39, 0.29) is 11.4 Å². The van der Waals surface area contributed by atoms with E-state index in [0.717, 1.165) is 31.6 Å². The Morgan fingerprint density at radius 2 is 1.83 bits per heavy atom. The molecule has 4 aromatic rings. The predicted octanol–water partition coefficient (Wildman–Crippen LogP) is 3.54. The highest BCUT2D eigenvalue weighted by Crippen LogP contribution is 2.30. The van der Waals surface area contributed by atoms with Crippen molar-refractivity contribution in [3.05, 3.63) is 64.8 Å². The topological polar surface area (TPSA) is 57.2 Å². The third-order valence-corrected chi connectivity index (χ3v) is 6.14. The van der Waals surface area contributed by atoms with Gasteiger partial charge < -0.3 is 9.80 Å². The molecule has 0 radical (unpaired) electrons. The summed E-state index contributed by atoms with van der Waals surface area (Å²) in [6.45, 7) is 1.63. The summed E-state index contributed by atoms with van der Waals surface area (Å²) < 4.78 is 16.6. The van der Waals surface area contributed by atoms with E-state index >= 15 is 4.39 Å². The van der Waals surface area contributed by atoms with Gasteiger partial charge in [-0.2, -0.15) is 0 Å². The van der Waals surface area contributed by atoms with Gasteiger partial charge in [-0.1, -0.05) is 18.2 Å². The Labute approximate surface area is 173 Å². The molecule has 2 aromatic carbocycles. The number of rotatable bonds is 3. The molecule has 2 aromatic heterocycles. The summed E-state index contributed by atoms with van der Waals surface area (Å²) in [6.07, 6.45) is 3.59. The van der Waals surface area contributed by atoms with Gasteiger partial charge in [0.2, 0.25) is 0 Å². The SMILES string of the molecule is CN(C)C1CCN(c2cc3ncc4c(=O)n(-c5ccccc5)[nH]c4c3cc2F)CC1. The first-order valence-electron chi connectivity index (χ1n) is 10.2. The molecule has 3 heterocycles. The van der Waals surface area contributed by atoms with Crippen molar-refractivity contribution in [3.8, 4) is 5.69 Å². The molecule has 30 heavy (non-hydrogen) atoms. The number of aromatic amines is 1. The van der Waals surface area contributed by atoms with Gasteiger partial charge in [0.25, 0.3) is 5.56 Å². The van der Waals surface area contributed by atoms with Gasteiger partial charge >= 0.3 is 0 Å². The monoisotopic (exact) mass is 405 g/mol. The van der Waals surface area contributed by atoms with E-state index in [0.29, 0.717) is 33.5 Å². The maximum absolute atomic E-state index is 15.1. The van der Waals surface area contributed by atoms with Gasteiger partial charge in [-0.05, 0) is 51.2 Å². The number of hydrogen-bond donors (Lipinski definition) is 1. The molecule has 1 fully saturated rings. The average molecular weight is 405 g/mol. The molecule has 5 rings (SSSR count). The lowest BCUT2D eigenvalue weighted by Gasteiger charge is -2.36. The second-order valence-electron chi connectivity index (χ2n) is 8.14. The minimum Gasteiger partial charge on any atom is -0.369 e. The summed E-state index contributed by atoms with van der Waals surface area (Å²) in [7, 11) is 4.18. The van der Waals surface area contributed by atoms with Crippen molar-refractivity contribution in [1.29, 1.82) is 0 Å². The van der Waals surface area contributed by atoms with Crippen molar-refractivity contribution >= 4 is 27.5 Å². The Kier molecular flexibility index (Phi) is 4.55. The van der Waals surface area contributed by atoms with Crippen LogP contribution in [0.1, 0.15) is 12.8 Å². The first kappa shape index (κ1) is 18.8. The first-order valence-corrected chi connectivity index (χ1v) is 10.2. The van der Waals surface area contributed by atoms with E-state index in [1.165, 1.54) is 10.7 Å². The fourth-order valence-corrected chi connectivity index (χ4v) is 4.39. The lowest BCUT2D eigenvalue weighted by Crippen LogP contribution is -2.42. The van der Waals surface area contributed by atoms with Crippen LogP contribution in [-0.2, 0) is 0 Å². The fourth-order valence-electron chi connectivity index (χ4n) is 4.39. The van der Waals surface area contributed by atoms with E-state index < -0.39 is 0 Å². The van der Waals surface area contributed by atoms with Crippen LogP contribution in [0.2, 0.25) is 0 Å². The zero-order chi connectivity index (χ0) is 20.8. The van der Waals surface area contributed by atoms with Crippen LogP contribution in [0.4, 0.5) is 10.1 Å². The summed E-state index contributed by atoms with van der Waals surface area (Å²) in [5.41, 5.74) is 2.39. The summed E-state index contributed by atoms with van der Waals surface area (Å²) in [5.74, 6) is -0.284. The standard InChI is InChI=1S/C23H24FN5O/c1-27(2)15-8-10-28(11-9-15)21-13-20-17(12-19(21)24)22-18(14-25-20)23(30)29(26-22)16-6-4-3-5-7-16/h3-7,12-15,26H,8-11H2,1-2H3. The number of hydrogen-bond acceptors (Lipinski definition) is 4. The van der Waals surface area contributed by atoms with Crippen molar-refractivity contribution in [2.45, 2.75) is 18.9 Å². The molecule has 0 amide bonds. The quantitative estimate of drug-likeness (QED) is 0.567. The van der Waals surface area contributed by atoms with Gasteiger partial charge in [0.05, 0.1) is 27.8 Å². The van der Waals surface area contributed by atoms with Gasteiger partial charge in [-0.3, -0.25) is 14.9 Å². The predicted molar refractivity (Wildman–Crippen MR) is 118 cm³/mol. The van der Waals surface area contributed by atoms with E-state index in [2.05, 4.69) is 34.0 Å². The van der Waals surface area contributed by atoms with E-state index in [1.807, 2.05) is 30.3 Å². The maximum Gasteiger partial charge on any atom is 0.280 e. The number of fused-ring (bicyclic) bond motifs is 3.